The van der Waals surface area contributed by atoms with Crippen LogP contribution in [0.5, 0.6) is 0 Å². The summed E-state index contributed by atoms with van der Waals surface area (Å²) in [6.07, 6.45) is 0.979. The van der Waals surface area contributed by atoms with Crippen LogP contribution in [-0.2, 0) is 14.6 Å². The Morgan fingerprint density at radius 3 is 2.70 bits per heavy atom. The number of hydrogen-bond acceptors (Lipinski definition) is 7. The average molecular weight is 336 g/mol. The molecule has 1 unspecified atom stereocenters. The highest BCUT2D eigenvalue weighted by Gasteiger charge is 2.43. The number of likely N-dealkylation sites (N-methyl/N-ethyl adjacent to an activating group) is 1. The molecular formula is C14H16N4O4S. The monoisotopic (exact) mass is 336 g/mol. The minimum atomic E-state index is -3.87. The predicted octanol–water partition coefficient (Wildman–Crippen LogP) is -1.04. The molecule has 1 atom stereocenters. The summed E-state index contributed by atoms with van der Waals surface area (Å²) in [6, 6.07) is 6.45. The predicted molar refractivity (Wildman–Crippen MR) is 84.4 cm³/mol. The van der Waals surface area contributed by atoms with Crippen LogP contribution in [0.25, 0.3) is 0 Å². The number of sulfone groups is 1. The molecule has 0 saturated heterocycles. The molecule has 1 amide bonds. The van der Waals surface area contributed by atoms with Crippen LogP contribution >= 0.6 is 0 Å². The van der Waals surface area contributed by atoms with Gasteiger partial charge in [-0.05, 0) is 26.2 Å². The van der Waals surface area contributed by atoms with Gasteiger partial charge in [0, 0.05) is 13.1 Å². The molecule has 0 fully saturated rings. The van der Waals surface area contributed by atoms with Crippen molar-refractivity contribution in [2.75, 3.05) is 32.1 Å². The smallest absolute Gasteiger partial charge is 0.388 e. The number of nitrogens with one attached hydrogen (secondary N) is 1. The summed E-state index contributed by atoms with van der Waals surface area (Å²) < 4.78 is 25.4. The van der Waals surface area contributed by atoms with Crippen molar-refractivity contribution in [3.8, 4) is 0 Å². The van der Waals surface area contributed by atoms with Crippen LogP contribution in [0.3, 0.4) is 0 Å². The Labute approximate surface area is 133 Å². The molecule has 0 spiro atoms. The third kappa shape index (κ3) is 2.47. The topological polar surface area (TPSA) is 97.6 Å². The third-order valence-electron chi connectivity index (χ3n) is 3.72. The van der Waals surface area contributed by atoms with E-state index < -0.39 is 20.9 Å². The molecule has 2 aliphatic rings. The van der Waals surface area contributed by atoms with Crippen molar-refractivity contribution >= 4 is 27.6 Å². The Kier molecular flexibility index (Phi) is 3.80. The van der Waals surface area contributed by atoms with Crippen LogP contribution in [0.4, 0.5) is 5.69 Å². The zero-order valence-electron chi connectivity index (χ0n) is 12.7. The number of amides is 1. The van der Waals surface area contributed by atoms with Crippen molar-refractivity contribution in [2.24, 2.45) is 5.10 Å². The maximum Gasteiger partial charge on any atom is 0.388 e. The van der Waals surface area contributed by atoms with Gasteiger partial charge in [0.15, 0.2) is 5.70 Å². The number of anilines is 1. The first-order valence-electron chi connectivity index (χ1n) is 6.97. The van der Waals surface area contributed by atoms with Crippen molar-refractivity contribution in [1.29, 1.82) is 0 Å². The van der Waals surface area contributed by atoms with Crippen molar-refractivity contribution in [3.63, 3.8) is 0 Å². The second kappa shape index (κ2) is 5.53. The molecule has 0 radical (unpaired) electrons. The minimum Gasteiger partial charge on any atom is -0.598 e. The van der Waals surface area contributed by atoms with E-state index in [9.17, 15) is 18.4 Å². The van der Waals surface area contributed by atoms with Gasteiger partial charge in [-0.3, -0.25) is 0 Å². The van der Waals surface area contributed by atoms with E-state index in [1.807, 2.05) is 19.0 Å². The quantitative estimate of drug-likeness (QED) is 0.708. The Bertz CT molecular complexity index is 829. The van der Waals surface area contributed by atoms with Gasteiger partial charge in [0.2, 0.25) is 9.84 Å². The normalized spacial score (nSPS) is 22.3. The summed E-state index contributed by atoms with van der Waals surface area (Å²) >= 11 is 0. The van der Waals surface area contributed by atoms with E-state index in [0.29, 0.717) is 18.8 Å². The zero-order chi connectivity index (χ0) is 16.8. The van der Waals surface area contributed by atoms with Crippen LogP contribution in [-0.4, -0.2) is 52.6 Å². The molecule has 122 valence electrons. The number of hydrogen-bond donors (Lipinski definition) is 1. The highest BCUT2D eigenvalue weighted by Crippen LogP contribution is 2.38. The number of hydroxylamine groups is 1. The van der Waals surface area contributed by atoms with Crippen LogP contribution in [0, 0.1) is 5.21 Å². The van der Waals surface area contributed by atoms with E-state index in [2.05, 4.69) is 5.10 Å². The summed E-state index contributed by atoms with van der Waals surface area (Å²) in [5.41, 5.74) is 0.301. The Morgan fingerprint density at radius 1 is 1.30 bits per heavy atom. The van der Waals surface area contributed by atoms with Gasteiger partial charge >= 0.3 is 5.91 Å². The van der Waals surface area contributed by atoms with E-state index >= 15 is 0 Å². The van der Waals surface area contributed by atoms with Gasteiger partial charge in [0.05, 0.1) is 10.6 Å². The molecule has 1 aromatic carbocycles. The molecule has 0 aliphatic carbocycles. The molecule has 0 aromatic heterocycles. The SMILES string of the molecule is CN(C)CCN1C2=C(C=N[NH+]([O-])C2=O)S(=O)(=O)c2ccccc21. The summed E-state index contributed by atoms with van der Waals surface area (Å²) in [6.45, 7) is 0.967. The number of carbonyl (C=O) groups is 1. The summed E-state index contributed by atoms with van der Waals surface area (Å²) in [5, 5.41) is 14.1. The van der Waals surface area contributed by atoms with Gasteiger partial charge in [0.25, 0.3) is 0 Å². The number of carbonyl (C=O) groups excluding carboxylic acids is 1. The molecular weight excluding hydrogens is 320 g/mol. The van der Waals surface area contributed by atoms with Crippen molar-refractivity contribution in [2.45, 2.75) is 4.90 Å². The summed E-state index contributed by atoms with van der Waals surface area (Å²) in [5.74, 6) is -0.890. The standard InChI is InChI=1S/C14H16N4O4S/c1-16(2)7-8-17-10-5-3-4-6-11(10)23(21,22)12-9-15-18(20)14(19)13(12)17/h3-6,9,18H,7-8H2,1-2H3. The Balaban J connectivity index is 2.22. The van der Waals surface area contributed by atoms with E-state index in [1.54, 1.807) is 23.1 Å². The van der Waals surface area contributed by atoms with Gasteiger partial charge in [0.1, 0.15) is 11.1 Å². The van der Waals surface area contributed by atoms with Gasteiger partial charge in [-0.1, -0.05) is 17.2 Å². The molecule has 9 heteroatoms. The lowest BCUT2D eigenvalue weighted by Crippen LogP contribution is -3.06. The second-order valence-electron chi connectivity index (χ2n) is 5.53. The maximum absolute atomic E-state index is 12.7. The fraction of sp³-hybridized carbons (Fsp3) is 0.286. The number of benzene rings is 1. The first-order valence-corrected chi connectivity index (χ1v) is 8.45. The van der Waals surface area contributed by atoms with Crippen molar-refractivity contribution < 1.29 is 18.4 Å². The molecule has 23 heavy (non-hydrogen) atoms. The van der Waals surface area contributed by atoms with Crippen molar-refractivity contribution in [3.05, 3.63) is 40.1 Å². The van der Waals surface area contributed by atoms with E-state index in [0.717, 1.165) is 6.21 Å². The van der Waals surface area contributed by atoms with Crippen LogP contribution < -0.4 is 10.1 Å². The Morgan fingerprint density at radius 2 is 2.00 bits per heavy atom. The summed E-state index contributed by atoms with van der Waals surface area (Å²) in [7, 11) is -0.124. The fourth-order valence-electron chi connectivity index (χ4n) is 2.58. The van der Waals surface area contributed by atoms with Crippen LogP contribution in [0.2, 0.25) is 0 Å². The number of quaternary nitrogens is 1. The van der Waals surface area contributed by atoms with Gasteiger partial charge < -0.3 is 15.0 Å². The number of rotatable bonds is 3. The lowest BCUT2D eigenvalue weighted by Gasteiger charge is -2.35. The second-order valence-corrected chi connectivity index (χ2v) is 7.42. The number of para-hydroxylation sites is 1. The fourth-order valence-corrected chi connectivity index (χ4v) is 4.18. The summed E-state index contributed by atoms with van der Waals surface area (Å²) in [4.78, 5) is 15.7. The molecule has 0 saturated carbocycles. The van der Waals surface area contributed by atoms with Crippen LogP contribution in [0.1, 0.15) is 0 Å². The highest BCUT2D eigenvalue weighted by atomic mass is 32.2. The van der Waals surface area contributed by atoms with Crippen molar-refractivity contribution in [1.82, 2.24) is 4.90 Å². The van der Waals surface area contributed by atoms with Crippen LogP contribution in [0.15, 0.2) is 44.9 Å². The van der Waals surface area contributed by atoms with Gasteiger partial charge in [-0.2, -0.15) is 5.17 Å². The number of nitrogens with zero attached hydrogens (tertiary/aromatic N) is 3. The molecule has 2 aliphatic heterocycles. The first-order chi connectivity index (χ1) is 10.8. The van der Waals surface area contributed by atoms with E-state index in [-0.39, 0.29) is 15.5 Å². The van der Waals surface area contributed by atoms with Gasteiger partial charge in [-0.25, -0.2) is 13.2 Å². The number of fused-ring (bicyclic) bond motifs is 1. The maximum atomic E-state index is 12.7. The van der Waals surface area contributed by atoms with E-state index in [1.165, 1.54) is 6.07 Å². The van der Waals surface area contributed by atoms with Gasteiger partial charge in [-0.15, -0.1) is 0 Å². The number of allylic oxidation sites excluding steroid dienone is 1. The zero-order valence-corrected chi connectivity index (χ0v) is 13.5. The highest BCUT2D eigenvalue weighted by molar-refractivity contribution is 7.96. The molecule has 1 N–H and O–H groups in total. The Hall–Kier alpha value is -2.07. The molecule has 0 bridgehead atoms. The lowest BCUT2D eigenvalue weighted by molar-refractivity contribution is -0.769. The molecule has 2 heterocycles. The minimum absolute atomic E-state index is 0.106. The first kappa shape index (κ1) is 15.8. The molecule has 8 nitrogen and oxygen atoms in total. The molecule has 3 rings (SSSR count). The molecule has 1 aromatic rings. The third-order valence-corrected chi connectivity index (χ3v) is 5.52. The average Bonchev–Trinajstić information content (AvgIpc) is 2.50. The largest absolute Gasteiger partial charge is 0.598 e. The lowest BCUT2D eigenvalue weighted by atomic mass is 10.2. The van der Waals surface area contributed by atoms with E-state index in [4.69, 9.17) is 0 Å².